The molecule has 0 saturated heterocycles. The highest BCUT2D eigenvalue weighted by atomic mass is 79.9. The number of nitrogens with one attached hydrogen (secondary N) is 1. The monoisotopic (exact) mass is 333 g/mol. The Balaban J connectivity index is 2.32. The first-order valence-electron chi connectivity index (χ1n) is 5.44. The van der Waals surface area contributed by atoms with E-state index in [1.807, 2.05) is 0 Å². The molecular weight excluding hydrogens is 321 g/mol. The molecule has 1 aromatic carbocycles. The van der Waals surface area contributed by atoms with Crippen LogP contribution in [0.15, 0.2) is 22.7 Å². The van der Waals surface area contributed by atoms with Gasteiger partial charge in [0.25, 0.3) is 5.91 Å². The van der Waals surface area contributed by atoms with E-state index in [0.29, 0.717) is 4.47 Å². The van der Waals surface area contributed by atoms with Gasteiger partial charge in [-0.2, -0.15) is 0 Å². The first kappa shape index (κ1) is 15.4. The van der Waals surface area contributed by atoms with Gasteiger partial charge in [0.15, 0.2) is 18.2 Å². The van der Waals surface area contributed by atoms with Crippen LogP contribution in [-0.2, 0) is 14.3 Å². The molecular formula is C12H13BrFNO4. The van der Waals surface area contributed by atoms with E-state index in [-0.39, 0.29) is 25.3 Å². The van der Waals surface area contributed by atoms with Crippen molar-refractivity contribution in [2.24, 2.45) is 0 Å². The van der Waals surface area contributed by atoms with Crippen LogP contribution in [0.3, 0.4) is 0 Å². The molecule has 0 aliphatic rings. The van der Waals surface area contributed by atoms with Crippen LogP contribution < -0.4 is 10.1 Å². The van der Waals surface area contributed by atoms with E-state index < -0.39 is 17.7 Å². The number of benzene rings is 1. The van der Waals surface area contributed by atoms with E-state index >= 15 is 0 Å². The summed E-state index contributed by atoms with van der Waals surface area (Å²) in [4.78, 5) is 22.1. The minimum Gasteiger partial charge on any atom is -0.481 e. The molecule has 0 spiro atoms. The standard InChI is InChI=1S/C12H13BrFNO4/c1-18-12(17)4-5-15-11(16)7-19-10-3-2-8(13)6-9(10)14/h2-3,6H,4-5,7H2,1H3,(H,15,16). The van der Waals surface area contributed by atoms with Gasteiger partial charge in [0.1, 0.15) is 0 Å². The van der Waals surface area contributed by atoms with Gasteiger partial charge in [-0.1, -0.05) is 15.9 Å². The predicted molar refractivity (Wildman–Crippen MR) is 69.2 cm³/mol. The highest BCUT2D eigenvalue weighted by molar-refractivity contribution is 9.10. The van der Waals surface area contributed by atoms with Crippen molar-refractivity contribution in [1.82, 2.24) is 5.32 Å². The Kier molecular flexibility index (Phi) is 6.27. The minimum absolute atomic E-state index is 0.00804. The molecule has 0 unspecified atom stereocenters. The summed E-state index contributed by atoms with van der Waals surface area (Å²) in [5.74, 6) is -1.42. The lowest BCUT2D eigenvalue weighted by Crippen LogP contribution is -2.31. The second-order valence-electron chi connectivity index (χ2n) is 3.54. The molecule has 1 rings (SSSR count). The van der Waals surface area contributed by atoms with E-state index in [4.69, 9.17) is 4.74 Å². The lowest BCUT2D eigenvalue weighted by molar-refractivity contribution is -0.140. The summed E-state index contributed by atoms with van der Waals surface area (Å²) in [6.07, 6.45) is 0.0783. The SMILES string of the molecule is COC(=O)CCNC(=O)COc1ccc(Br)cc1F. The minimum atomic E-state index is -0.559. The molecule has 0 aromatic heterocycles. The van der Waals surface area contributed by atoms with Crippen molar-refractivity contribution < 1.29 is 23.5 Å². The van der Waals surface area contributed by atoms with Gasteiger partial charge in [-0.3, -0.25) is 9.59 Å². The fourth-order valence-electron chi connectivity index (χ4n) is 1.19. The first-order valence-corrected chi connectivity index (χ1v) is 6.23. The van der Waals surface area contributed by atoms with Crippen LogP contribution in [0.1, 0.15) is 6.42 Å². The zero-order valence-corrected chi connectivity index (χ0v) is 11.8. The number of carbonyl (C=O) groups is 2. The fourth-order valence-corrected chi connectivity index (χ4v) is 1.53. The predicted octanol–water partition coefficient (Wildman–Crippen LogP) is 1.65. The molecule has 7 heteroatoms. The number of halogens is 2. The molecule has 5 nitrogen and oxygen atoms in total. The zero-order valence-electron chi connectivity index (χ0n) is 10.2. The van der Waals surface area contributed by atoms with E-state index in [9.17, 15) is 14.0 Å². The van der Waals surface area contributed by atoms with E-state index in [1.54, 1.807) is 6.07 Å². The van der Waals surface area contributed by atoms with Crippen molar-refractivity contribution in [2.75, 3.05) is 20.3 Å². The lowest BCUT2D eigenvalue weighted by atomic mass is 10.3. The average Bonchev–Trinajstić information content (AvgIpc) is 2.37. The third kappa shape index (κ3) is 5.69. The Bertz CT molecular complexity index is 467. The first-order chi connectivity index (χ1) is 9.02. The number of carbonyl (C=O) groups excluding carboxylic acids is 2. The van der Waals surface area contributed by atoms with E-state index in [0.717, 1.165) is 0 Å². The molecule has 0 radical (unpaired) electrons. The number of hydrogen-bond acceptors (Lipinski definition) is 4. The molecule has 0 aliphatic heterocycles. The Morgan fingerprint density at radius 3 is 2.79 bits per heavy atom. The summed E-state index contributed by atoms with van der Waals surface area (Å²) in [5, 5.41) is 2.45. The highest BCUT2D eigenvalue weighted by Crippen LogP contribution is 2.21. The van der Waals surface area contributed by atoms with E-state index in [1.165, 1.54) is 19.2 Å². The van der Waals surface area contributed by atoms with Crippen LogP contribution in [-0.4, -0.2) is 32.1 Å². The largest absolute Gasteiger partial charge is 0.481 e. The van der Waals surface area contributed by atoms with Crippen LogP contribution in [0.25, 0.3) is 0 Å². The maximum atomic E-state index is 13.4. The number of rotatable bonds is 6. The number of esters is 1. The maximum absolute atomic E-state index is 13.4. The molecule has 1 amide bonds. The van der Waals surface area contributed by atoms with Crippen molar-refractivity contribution in [2.45, 2.75) is 6.42 Å². The quantitative estimate of drug-likeness (QED) is 0.804. The van der Waals surface area contributed by atoms with Gasteiger partial charge in [-0.25, -0.2) is 4.39 Å². The van der Waals surface area contributed by atoms with Crippen LogP contribution in [0.5, 0.6) is 5.75 Å². The summed E-state index contributed by atoms with van der Waals surface area (Å²) in [6, 6.07) is 4.26. The molecule has 1 N–H and O–H groups in total. The third-order valence-corrected chi connectivity index (χ3v) is 2.62. The van der Waals surface area contributed by atoms with Gasteiger partial charge in [-0.05, 0) is 18.2 Å². The Labute approximate surface area is 118 Å². The second kappa shape index (κ2) is 7.73. The van der Waals surface area contributed by atoms with Crippen LogP contribution in [0.4, 0.5) is 4.39 Å². The van der Waals surface area contributed by atoms with Gasteiger partial charge in [0.2, 0.25) is 0 Å². The number of methoxy groups -OCH3 is 1. The Morgan fingerprint density at radius 2 is 2.16 bits per heavy atom. The van der Waals surface area contributed by atoms with Crippen molar-refractivity contribution in [3.8, 4) is 5.75 Å². The molecule has 0 saturated carbocycles. The maximum Gasteiger partial charge on any atom is 0.307 e. The normalized spacial score (nSPS) is 9.84. The van der Waals surface area contributed by atoms with Crippen molar-refractivity contribution in [1.29, 1.82) is 0 Å². The van der Waals surface area contributed by atoms with Crippen LogP contribution >= 0.6 is 15.9 Å². The third-order valence-electron chi connectivity index (χ3n) is 2.13. The summed E-state index contributed by atoms with van der Waals surface area (Å²) in [6.45, 7) is -0.169. The van der Waals surface area contributed by atoms with Crippen molar-refractivity contribution >= 4 is 27.8 Å². The average molecular weight is 334 g/mol. The van der Waals surface area contributed by atoms with Crippen molar-refractivity contribution in [3.63, 3.8) is 0 Å². The number of amides is 1. The molecule has 0 atom stereocenters. The fraction of sp³-hybridized carbons (Fsp3) is 0.333. The smallest absolute Gasteiger partial charge is 0.307 e. The van der Waals surface area contributed by atoms with Crippen LogP contribution in [0.2, 0.25) is 0 Å². The van der Waals surface area contributed by atoms with Gasteiger partial charge in [0.05, 0.1) is 13.5 Å². The Hall–Kier alpha value is -1.63. The van der Waals surface area contributed by atoms with Gasteiger partial charge < -0.3 is 14.8 Å². The summed E-state index contributed by atoms with van der Waals surface area (Å²) in [5.41, 5.74) is 0. The topological polar surface area (TPSA) is 64.6 Å². The van der Waals surface area contributed by atoms with Gasteiger partial charge in [-0.15, -0.1) is 0 Å². The summed E-state index contributed by atoms with van der Waals surface area (Å²) in [7, 11) is 1.27. The van der Waals surface area contributed by atoms with Gasteiger partial charge >= 0.3 is 5.97 Å². The van der Waals surface area contributed by atoms with Crippen molar-refractivity contribution in [3.05, 3.63) is 28.5 Å². The number of ether oxygens (including phenoxy) is 2. The van der Waals surface area contributed by atoms with E-state index in [2.05, 4.69) is 26.0 Å². The highest BCUT2D eigenvalue weighted by Gasteiger charge is 2.08. The molecule has 104 valence electrons. The molecule has 0 fully saturated rings. The summed E-state index contributed by atoms with van der Waals surface area (Å²) >= 11 is 3.11. The lowest BCUT2D eigenvalue weighted by Gasteiger charge is -2.08. The molecule has 0 heterocycles. The molecule has 19 heavy (non-hydrogen) atoms. The number of hydrogen-bond donors (Lipinski definition) is 1. The Morgan fingerprint density at radius 1 is 1.42 bits per heavy atom. The molecule has 1 aromatic rings. The second-order valence-corrected chi connectivity index (χ2v) is 4.46. The molecule has 0 bridgehead atoms. The van der Waals surface area contributed by atoms with Gasteiger partial charge in [0, 0.05) is 11.0 Å². The molecule has 0 aliphatic carbocycles. The summed E-state index contributed by atoms with van der Waals surface area (Å²) < 4.78 is 23.4. The van der Waals surface area contributed by atoms with Crippen LogP contribution in [0, 0.1) is 5.82 Å². The zero-order chi connectivity index (χ0) is 14.3.